The van der Waals surface area contributed by atoms with E-state index in [0.29, 0.717) is 22.8 Å². The van der Waals surface area contributed by atoms with Crippen molar-refractivity contribution in [3.8, 4) is 0 Å². The molecule has 0 saturated carbocycles. The van der Waals surface area contributed by atoms with Gasteiger partial charge in [0.15, 0.2) is 0 Å². The molecule has 1 N–H and O–H groups in total. The molecule has 0 aliphatic carbocycles. The number of anilines is 1. The van der Waals surface area contributed by atoms with Crippen molar-refractivity contribution in [1.29, 1.82) is 0 Å². The van der Waals surface area contributed by atoms with Gasteiger partial charge in [0.2, 0.25) is 0 Å². The lowest BCUT2D eigenvalue weighted by atomic mass is 9.93. The molecule has 2 atom stereocenters. The largest absolute Gasteiger partial charge is 0.360 e. The fourth-order valence-corrected chi connectivity index (χ4v) is 3.91. The number of nitro benzene ring substituents is 1. The SMILES string of the molecule is O=[N+]([O-])c1cccc(Cl)c1N1CCCCC1C1CCCN1. The molecule has 0 radical (unpaired) electrons. The van der Waals surface area contributed by atoms with E-state index in [1.54, 1.807) is 18.2 Å². The number of hydrogen-bond acceptors (Lipinski definition) is 4. The van der Waals surface area contributed by atoms with Gasteiger partial charge in [-0.3, -0.25) is 10.1 Å². The number of nitrogens with zero attached hydrogens (tertiary/aromatic N) is 2. The van der Waals surface area contributed by atoms with Crippen molar-refractivity contribution in [3.63, 3.8) is 0 Å². The Morgan fingerprint density at radius 1 is 1.29 bits per heavy atom. The predicted octanol–water partition coefficient (Wildman–Crippen LogP) is 3.36. The third-order valence-corrected chi connectivity index (χ3v) is 4.87. The maximum Gasteiger partial charge on any atom is 0.294 e. The second kappa shape index (κ2) is 6.20. The predicted molar refractivity (Wildman–Crippen MR) is 84.1 cm³/mol. The first-order valence-corrected chi connectivity index (χ1v) is 7.99. The fraction of sp³-hybridized carbons (Fsp3) is 0.600. The number of piperidine rings is 1. The zero-order chi connectivity index (χ0) is 14.8. The molecule has 0 aromatic heterocycles. The Labute approximate surface area is 129 Å². The molecule has 0 bridgehead atoms. The van der Waals surface area contributed by atoms with Crippen LogP contribution in [0.1, 0.15) is 32.1 Å². The number of rotatable bonds is 3. The zero-order valence-corrected chi connectivity index (χ0v) is 12.7. The van der Waals surface area contributed by atoms with Crippen LogP contribution < -0.4 is 10.2 Å². The van der Waals surface area contributed by atoms with Gasteiger partial charge >= 0.3 is 0 Å². The Morgan fingerprint density at radius 3 is 2.86 bits per heavy atom. The molecular weight excluding hydrogens is 290 g/mol. The van der Waals surface area contributed by atoms with Crippen LogP contribution >= 0.6 is 11.6 Å². The van der Waals surface area contributed by atoms with Crippen LogP contribution in [0.25, 0.3) is 0 Å². The van der Waals surface area contributed by atoms with Gasteiger partial charge in [-0.25, -0.2) is 0 Å². The van der Waals surface area contributed by atoms with Crippen molar-refractivity contribution >= 4 is 23.0 Å². The third kappa shape index (κ3) is 2.85. The lowest BCUT2D eigenvalue weighted by Crippen LogP contribution is -2.50. The average molecular weight is 310 g/mol. The molecule has 2 aliphatic rings. The van der Waals surface area contributed by atoms with E-state index in [4.69, 9.17) is 11.6 Å². The van der Waals surface area contributed by atoms with Crippen molar-refractivity contribution in [2.24, 2.45) is 0 Å². The summed E-state index contributed by atoms with van der Waals surface area (Å²) in [6.45, 7) is 1.88. The highest BCUT2D eigenvalue weighted by atomic mass is 35.5. The Balaban J connectivity index is 1.98. The van der Waals surface area contributed by atoms with Gasteiger partial charge in [0, 0.05) is 24.7 Å². The standard InChI is InChI=1S/C15H20ClN3O2/c16-11-5-3-8-14(19(20)21)15(11)18-10-2-1-7-13(18)12-6-4-9-17-12/h3,5,8,12-13,17H,1-2,4,6-7,9-10H2. The quantitative estimate of drug-likeness (QED) is 0.687. The molecule has 0 spiro atoms. The maximum absolute atomic E-state index is 11.3. The molecule has 1 aromatic carbocycles. The molecule has 3 rings (SSSR count). The number of nitro groups is 1. The van der Waals surface area contributed by atoms with Crippen LogP contribution in [0.4, 0.5) is 11.4 Å². The van der Waals surface area contributed by atoms with E-state index in [2.05, 4.69) is 10.2 Å². The smallest absolute Gasteiger partial charge is 0.294 e. The number of halogens is 1. The molecule has 114 valence electrons. The van der Waals surface area contributed by atoms with Gasteiger partial charge in [-0.2, -0.15) is 0 Å². The Bertz CT molecular complexity index is 532. The minimum absolute atomic E-state index is 0.118. The van der Waals surface area contributed by atoms with E-state index in [9.17, 15) is 10.1 Å². The van der Waals surface area contributed by atoms with Crippen LogP contribution in [-0.2, 0) is 0 Å². The zero-order valence-electron chi connectivity index (χ0n) is 11.9. The molecule has 2 fully saturated rings. The number of benzene rings is 1. The molecule has 1 aromatic rings. The minimum atomic E-state index is -0.324. The average Bonchev–Trinajstić information content (AvgIpc) is 3.01. The van der Waals surface area contributed by atoms with Crippen molar-refractivity contribution in [2.45, 2.75) is 44.2 Å². The van der Waals surface area contributed by atoms with Crippen LogP contribution in [0, 0.1) is 10.1 Å². The highest BCUT2D eigenvalue weighted by molar-refractivity contribution is 6.33. The molecule has 5 nitrogen and oxygen atoms in total. The van der Waals surface area contributed by atoms with Gasteiger partial charge < -0.3 is 10.2 Å². The summed E-state index contributed by atoms with van der Waals surface area (Å²) in [7, 11) is 0. The van der Waals surface area contributed by atoms with Gasteiger partial charge in [-0.15, -0.1) is 0 Å². The second-order valence-corrected chi connectivity index (χ2v) is 6.23. The van der Waals surface area contributed by atoms with Crippen LogP contribution in [0.15, 0.2) is 18.2 Å². The summed E-state index contributed by atoms with van der Waals surface area (Å²) in [5.41, 5.74) is 0.718. The van der Waals surface area contributed by atoms with Gasteiger partial charge in [-0.1, -0.05) is 17.7 Å². The summed E-state index contributed by atoms with van der Waals surface area (Å²) in [4.78, 5) is 13.2. The van der Waals surface area contributed by atoms with Crippen LogP contribution in [0.2, 0.25) is 5.02 Å². The van der Waals surface area contributed by atoms with Crippen molar-refractivity contribution in [3.05, 3.63) is 33.3 Å². The first kappa shape index (κ1) is 14.6. The van der Waals surface area contributed by atoms with Crippen molar-refractivity contribution < 1.29 is 4.92 Å². The second-order valence-electron chi connectivity index (χ2n) is 5.82. The van der Waals surface area contributed by atoms with E-state index < -0.39 is 0 Å². The maximum atomic E-state index is 11.3. The molecule has 2 unspecified atom stereocenters. The first-order chi connectivity index (χ1) is 10.2. The Hall–Kier alpha value is -1.33. The van der Waals surface area contributed by atoms with Crippen molar-refractivity contribution in [2.75, 3.05) is 18.0 Å². The van der Waals surface area contributed by atoms with E-state index in [0.717, 1.165) is 32.4 Å². The summed E-state index contributed by atoms with van der Waals surface area (Å²) in [5.74, 6) is 0. The molecular formula is C15H20ClN3O2. The van der Waals surface area contributed by atoms with Gasteiger partial charge in [0.25, 0.3) is 5.69 Å². The summed E-state index contributed by atoms with van der Waals surface area (Å²) < 4.78 is 0. The van der Waals surface area contributed by atoms with Crippen LogP contribution in [-0.4, -0.2) is 30.1 Å². The summed E-state index contributed by atoms with van der Waals surface area (Å²) >= 11 is 6.31. The van der Waals surface area contributed by atoms with Gasteiger partial charge in [0.05, 0.1) is 9.95 Å². The molecule has 0 amide bonds. The van der Waals surface area contributed by atoms with Gasteiger partial charge in [0.1, 0.15) is 5.69 Å². The number of para-hydroxylation sites is 1. The Morgan fingerprint density at radius 2 is 2.14 bits per heavy atom. The van der Waals surface area contributed by atoms with E-state index in [1.807, 2.05) is 0 Å². The minimum Gasteiger partial charge on any atom is -0.360 e. The molecule has 21 heavy (non-hydrogen) atoms. The van der Waals surface area contributed by atoms with E-state index >= 15 is 0 Å². The van der Waals surface area contributed by atoms with Crippen LogP contribution in [0.5, 0.6) is 0 Å². The summed E-state index contributed by atoms with van der Waals surface area (Å²) in [6.07, 6.45) is 5.63. The highest BCUT2D eigenvalue weighted by Gasteiger charge is 2.35. The number of nitrogens with one attached hydrogen (secondary N) is 1. The van der Waals surface area contributed by atoms with Crippen molar-refractivity contribution in [1.82, 2.24) is 5.32 Å². The van der Waals surface area contributed by atoms with E-state index in [-0.39, 0.29) is 10.6 Å². The monoisotopic (exact) mass is 309 g/mol. The topological polar surface area (TPSA) is 58.4 Å². The lowest BCUT2D eigenvalue weighted by molar-refractivity contribution is -0.384. The third-order valence-electron chi connectivity index (χ3n) is 4.56. The van der Waals surface area contributed by atoms with Crippen LogP contribution in [0.3, 0.4) is 0 Å². The summed E-state index contributed by atoms with van der Waals surface area (Å²) in [5, 5.41) is 15.4. The van der Waals surface area contributed by atoms with E-state index in [1.165, 1.54) is 12.8 Å². The molecule has 2 saturated heterocycles. The molecule has 2 heterocycles. The normalized spacial score (nSPS) is 26.0. The summed E-state index contributed by atoms with van der Waals surface area (Å²) in [6, 6.07) is 5.67. The fourth-order valence-electron chi connectivity index (χ4n) is 3.63. The Kier molecular flexibility index (Phi) is 4.31. The lowest BCUT2D eigenvalue weighted by Gasteiger charge is -2.40. The van der Waals surface area contributed by atoms with Gasteiger partial charge in [-0.05, 0) is 44.7 Å². The highest BCUT2D eigenvalue weighted by Crippen LogP contribution is 2.40. The molecule has 2 aliphatic heterocycles. The molecule has 6 heteroatoms. The first-order valence-electron chi connectivity index (χ1n) is 7.61. The number of hydrogen-bond donors (Lipinski definition) is 1.